The van der Waals surface area contributed by atoms with Crippen molar-refractivity contribution in [1.82, 2.24) is 4.90 Å². The van der Waals surface area contributed by atoms with Gasteiger partial charge in [0.15, 0.2) is 0 Å². The predicted molar refractivity (Wildman–Crippen MR) is 142 cm³/mol. The molecular formula is C28H41NO5Si. The van der Waals surface area contributed by atoms with Crippen LogP contribution in [-0.4, -0.2) is 44.0 Å². The molecule has 0 fully saturated rings. The Morgan fingerprint density at radius 2 is 1.46 bits per heavy atom. The summed E-state index contributed by atoms with van der Waals surface area (Å²) in [5, 5.41) is 0.0927. The van der Waals surface area contributed by atoms with Crippen LogP contribution in [0.2, 0.25) is 18.1 Å². The minimum atomic E-state index is -1.96. The smallest absolute Gasteiger partial charge is 0.410 e. The number of likely N-dealkylation sites (N-methyl/N-ethyl adjacent to an activating group) is 1. The topological polar surface area (TPSA) is 65.1 Å². The van der Waals surface area contributed by atoms with Crippen molar-refractivity contribution in [2.75, 3.05) is 7.05 Å². The first-order chi connectivity index (χ1) is 16.1. The SMILES string of the molecule is CN(C(=O)OC(C)(C)C)[C@H](Cc1ccc(O[Si](C)(C)C(C)(C)C)cc1)C(=O)OCc1ccccc1. The van der Waals surface area contributed by atoms with E-state index in [-0.39, 0.29) is 11.6 Å². The molecule has 0 aromatic heterocycles. The van der Waals surface area contributed by atoms with Crippen molar-refractivity contribution >= 4 is 20.4 Å². The number of ether oxygens (including phenoxy) is 2. The molecule has 35 heavy (non-hydrogen) atoms. The van der Waals surface area contributed by atoms with Gasteiger partial charge in [0.25, 0.3) is 0 Å². The lowest BCUT2D eigenvalue weighted by atomic mass is 10.0. The third-order valence-corrected chi connectivity index (χ3v) is 10.5. The number of hydrogen-bond acceptors (Lipinski definition) is 5. The van der Waals surface area contributed by atoms with Crippen LogP contribution in [-0.2, 0) is 27.3 Å². The maximum absolute atomic E-state index is 13.1. The van der Waals surface area contributed by atoms with E-state index in [4.69, 9.17) is 13.9 Å². The predicted octanol–water partition coefficient (Wildman–Crippen LogP) is 6.59. The van der Waals surface area contributed by atoms with E-state index in [9.17, 15) is 9.59 Å². The zero-order valence-corrected chi connectivity index (χ0v) is 23.7. The third-order valence-electron chi connectivity index (χ3n) is 6.18. The van der Waals surface area contributed by atoms with Crippen molar-refractivity contribution in [3.05, 3.63) is 65.7 Å². The molecular weight excluding hydrogens is 458 g/mol. The van der Waals surface area contributed by atoms with Crippen molar-refractivity contribution < 1.29 is 23.5 Å². The number of hydrogen-bond donors (Lipinski definition) is 0. The Balaban J connectivity index is 2.19. The number of carbonyl (C=O) groups excluding carboxylic acids is 2. The van der Waals surface area contributed by atoms with Crippen LogP contribution in [0.15, 0.2) is 54.6 Å². The molecule has 2 aromatic carbocycles. The summed E-state index contributed by atoms with van der Waals surface area (Å²) in [6.45, 7) is 16.5. The number of amides is 1. The highest BCUT2D eigenvalue weighted by molar-refractivity contribution is 6.74. The number of nitrogens with zero attached hydrogens (tertiary/aromatic N) is 1. The fraction of sp³-hybridized carbons (Fsp3) is 0.500. The maximum Gasteiger partial charge on any atom is 0.410 e. The fourth-order valence-electron chi connectivity index (χ4n) is 3.03. The molecule has 0 spiro atoms. The summed E-state index contributed by atoms with van der Waals surface area (Å²) in [6, 6.07) is 16.4. The monoisotopic (exact) mass is 499 g/mol. The molecule has 6 nitrogen and oxygen atoms in total. The van der Waals surface area contributed by atoms with Gasteiger partial charge in [0, 0.05) is 13.5 Å². The van der Waals surface area contributed by atoms with Crippen LogP contribution in [0.3, 0.4) is 0 Å². The molecule has 2 rings (SSSR count). The first-order valence-electron chi connectivity index (χ1n) is 12.0. The Labute approximate surface area is 211 Å². The molecule has 1 amide bonds. The van der Waals surface area contributed by atoms with Crippen molar-refractivity contribution in [1.29, 1.82) is 0 Å². The molecule has 0 radical (unpaired) electrons. The lowest BCUT2D eigenvalue weighted by Crippen LogP contribution is -2.46. The highest BCUT2D eigenvalue weighted by Gasteiger charge is 2.39. The number of esters is 1. The van der Waals surface area contributed by atoms with Crippen molar-refractivity contribution in [3.8, 4) is 5.75 Å². The summed E-state index contributed by atoms with van der Waals surface area (Å²) in [5.41, 5.74) is 1.10. The van der Waals surface area contributed by atoms with Crippen LogP contribution in [0.5, 0.6) is 5.75 Å². The molecule has 0 aliphatic heterocycles. The van der Waals surface area contributed by atoms with Crippen LogP contribution < -0.4 is 4.43 Å². The summed E-state index contributed by atoms with van der Waals surface area (Å²) in [4.78, 5) is 27.2. The molecule has 0 aliphatic carbocycles. The van der Waals surface area contributed by atoms with Gasteiger partial charge in [0.05, 0.1) is 0 Å². The molecule has 192 valence electrons. The van der Waals surface area contributed by atoms with Crippen LogP contribution in [0, 0.1) is 0 Å². The minimum Gasteiger partial charge on any atom is -0.544 e. The quantitative estimate of drug-likeness (QED) is 0.303. The van der Waals surface area contributed by atoms with E-state index in [1.54, 1.807) is 27.8 Å². The summed E-state index contributed by atoms with van der Waals surface area (Å²) in [6.07, 6.45) is -0.277. The summed E-state index contributed by atoms with van der Waals surface area (Å²) >= 11 is 0. The highest BCUT2D eigenvalue weighted by Crippen LogP contribution is 2.37. The molecule has 7 heteroatoms. The molecule has 0 saturated carbocycles. The third kappa shape index (κ3) is 8.73. The van der Waals surface area contributed by atoms with E-state index < -0.39 is 32.0 Å². The van der Waals surface area contributed by atoms with E-state index in [1.165, 1.54) is 4.90 Å². The normalized spacial score (nSPS) is 13.1. The number of rotatable bonds is 8. The Morgan fingerprint density at radius 1 is 0.886 bits per heavy atom. The van der Waals surface area contributed by atoms with Crippen molar-refractivity contribution in [2.45, 2.75) is 84.3 Å². The summed E-state index contributed by atoms with van der Waals surface area (Å²) in [5.74, 6) is 0.327. The van der Waals surface area contributed by atoms with Crippen LogP contribution in [0.25, 0.3) is 0 Å². The van der Waals surface area contributed by atoms with Crippen LogP contribution >= 0.6 is 0 Å². The average molecular weight is 500 g/mol. The Kier molecular flexibility index (Phi) is 9.17. The standard InChI is InChI=1S/C28H41NO5Si/c1-27(2,3)33-26(31)29(7)24(25(30)32-20-22-13-11-10-12-14-22)19-21-15-17-23(18-16-21)34-35(8,9)28(4,5)6/h10-18,24H,19-20H2,1-9H3/t24-/m1/s1. The second-order valence-corrected chi connectivity index (χ2v) is 16.1. The zero-order valence-electron chi connectivity index (χ0n) is 22.7. The van der Waals surface area contributed by atoms with Gasteiger partial charge in [-0.2, -0.15) is 0 Å². The van der Waals surface area contributed by atoms with Gasteiger partial charge < -0.3 is 13.9 Å². The van der Waals surface area contributed by atoms with Gasteiger partial charge in [0.2, 0.25) is 8.32 Å². The molecule has 2 aromatic rings. The molecule has 0 N–H and O–H groups in total. The van der Waals surface area contributed by atoms with Gasteiger partial charge in [-0.3, -0.25) is 4.90 Å². The minimum absolute atomic E-state index is 0.0927. The van der Waals surface area contributed by atoms with Crippen molar-refractivity contribution in [2.24, 2.45) is 0 Å². The van der Waals surface area contributed by atoms with Crippen LogP contribution in [0.1, 0.15) is 52.7 Å². The summed E-state index contributed by atoms with van der Waals surface area (Å²) < 4.78 is 17.4. The number of carbonyl (C=O) groups is 2. The highest BCUT2D eigenvalue weighted by atomic mass is 28.4. The molecule has 0 saturated heterocycles. The Bertz CT molecular complexity index is 975. The molecule has 0 unspecified atom stereocenters. The van der Waals surface area contributed by atoms with E-state index >= 15 is 0 Å². The molecule has 0 bridgehead atoms. The van der Waals surface area contributed by atoms with Gasteiger partial charge in [0.1, 0.15) is 24.0 Å². The van der Waals surface area contributed by atoms with Gasteiger partial charge >= 0.3 is 12.1 Å². The van der Waals surface area contributed by atoms with E-state index in [0.29, 0.717) is 6.42 Å². The maximum atomic E-state index is 13.1. The Hall–Kier alpha value is -2.80. The lowest BCUT2D eigenvalue weighted by molar-refractivity contribution is -0.150. The van der Waals surface area contributed by atoms with E-state index in [1.807, 2.05) is 54.6 Å². The van der Waals surface area contributed by atoms with Gasteiger partial charge in [-0.15, -0.1) is 0 Å². The number of benzene rings is 2. The lowest BCUT2D eigenvalue weighted by Gasteiger charge is -2.36. The Morgan fingerprint density at radius 3 is 1.97 bits per heavy atom. The van der Waals surface area contributed by atoms with Gasteiger partial charge in [-0.1, -0.05) is 63.2 Å². The first-order valence-corrected chi connectivity index (χ1v) is 14.9. The second-order valence-electron chi connectivity index (χ2n) is 11.4. The van der Waals surface area contributed by atoms with Crippen LogP contribution in [0.4, 0.5) is 4.79 Å². The first kappa shape index (κ1) is 28.4. The van der Waals surface area contributed by atoms with Gasteiger partial charge in [-0.25, -0.2) is 9.59 Å². The molecule has 0 heterocycles. The zero-order chi connectivity index (χ0) is 26.4. The second kappa shape index (κ2) is 11.3. The largest absolute Gasteiger partial charge is 0.544 e. The van der Waals surface area contributed by atoms with Gasteiger partial charge in [-0.05, 0) is 62.2 Å². The van der Waals surface area contributed by atoms with Crippen molar-refractivity contribution in [3.63, 3.8) is 0 Å². The molecule has 0 aliphatic rings. The average Bonchev–Trinajstić information content (AvgIpc) is 2.75. The fourth-order valence-corrected chi connectivity index (χ4v) is 4.06. The summed E-state index contributed by atoms with van der Waals surface area (Å²) in [7, 11) is -0.388. The molecule has 1 atom stereocenters. The van der Waals surface area contributed by atoms with E-state index in [0.717, 1.165) is 16.9 Å². The van der Waals surface area contributed by atoms with E-state index in [2.05, 4.69) is 33.9 Å².